The van der Waals surface area contributed by atoms with Crippen molar-refractivity contribution in [3.05, 3.63) is 29.1 Å². The maximum absolute atomic E-state index is 11.1. The lowest BCUT2D eigenvalue weighted by Crippen LogP contribution is -2.27. The minimum absolute atomic E-state index is 0.385. The van der Waals surface area contributed by atoms with Crippen LogP contribution in [0.25, 0.3) is 11.3 Å². The third-order valence-electron chi connectivity index (χ3n) is 2.34. The molecule has 0 aliphatic carbocycles. The molecule has 2 heterocycles. The summed E-state index contributed by atoms with van der Waals surface area (Å²) in [5.41, 5.74) is 2.07. The Morgan fingerprint density at radius 2 is 2.44 bits per heavy atom. The van der Waals surface area contributed by atoms with E-state index in [2.05, 4.69) is 15.8 Å². The van der Waals surface area contributed by atoms with Crippen molar-refractivity contribution in [3.63, 3.8) is 0 Å². The zero-order chi connectivity index (χ0) is 12.8. The second-order valence-electron chi connectivity index (χ2n) is 3.62. The van der Waals surface area contributed by atoms with Crippen LogP contribution in [0.4, 0.5) is 4.79 Å². The van der Waals surface area contributed by atoms with E-state index < -0.39 is 0 Å². The Bertz CT molecular complexity index is 493. The van der Waals surface area contributed by atoms with Gasteiger partial charge in [0.2, 0.25) is 0 Å². The summed E-state index contributed by atoms with van der Waals surface area (Å²) in [7, 11) is 0. The molecule has 1 amide bonds. The van der Waals surface area contributed by atoms with Crippen LogP contribution in [0.5, 0.6) is 0 Å². The highest BCUT2D eigenvalue weighted by Gasteiger charge is 2.03. The average molecular weight is 265 g/mol. The van der Waals surface area contributed by atoms with E-state index in [-0.39, 0.29) is 6.09 Å². The molecule has 0 radical (unpaired) electrons. The van der Waals surface area contributed by atoms with Gasteiger partial charge in [-0.25, -0.2) is 4.79 Å². The zero-order valence-electron chi connectivity index (χ0n) is 10.1. The number of rotatable bonds is 5. The predicted octanol–water partition coefficient (Wildman–Crippen LogP) is 2.36. The maximum atomic E-state index is 11.1. The van der Waals surface area contributed by atoms with Gasteiger partial charge < -0.3 is 10.1 Å². The summed E-state index contributed by atoms with van der Waals surface area (Å²) in [6.07, 6.45) is 1.52. The molecule has 0 bridgehead atoms. The van der Waals surface area contributed by atoms with Crippen molar-refractivity contribution in [2.75, 3.05) is 13.2 Å². The summed E-state index contributed by atoms with van der Waals surface area (Å²) in [5.74, 6) is 0. The second-order valence-corrected chi connectivity index (χ2v) is 4.40. The van der Waals surface area contributed by atoms with Gasteiger partial charge in [0.25, 0.3) is 0 Å². The van der Waals surface area contributed by atoms with Crippen LogP contribution in [-0.2, 0) is 11.3 Å². The molecule has 0 saturated carbocycles. The molecule has 6 heteroatoms. The van der Waals surface area contributed by atoms with Crippen molar-refractivity contribution in [3.8, 4) is 11.3 Å². The number of carbonyl (C=O) groups excluding carboxylic acids is 1. The van der Waals surface area contributed by atoms with Crippen molar-refractivity contribution in [2.45, 2.75) is 13.5 Å². The van der Waals surface area contributed by atoms with E-state index in [9.17, 15) is 4.79 Å². The second kappa shape index (κ2) is 6.20. The lowest BCUT2D eigenvalue weighted by molar-refractivity contribution is 0.152. The summed E-state index contributed by atoms with van der Waals surface area (Å²) in [6, 6.07) is 4.00. The normalized spacial score (nSPS) is 10.3. The number of aromatic nitrogens is 2. The highest BCUT2D eigenvalue weighted by molar-refractivity contribution is 7.08. The van der Waals surface area contributed by atoms with Crippen LogP contribution in [0.2, 0.25) is 0 Å². The third-order valence-corrected chi connectivity index (χ3v) is 3.03. The number of carbonyl (C=O) groups is 1. The van der Waals surface area contributed by atoms with Gasteiger partial charge in [-0.3, -0.25) is 4.68 Å². The topological polar surface area (TPSA) is 56.1 Å². The number of hydrogen-bond donors (Lipinski definition) is 1. The Hall–Kier alpha value is -1.82. The van der Waals surface area contributed by atoms with Gasteiger partial charge in [0.15, 0.2) is 0 Å². The number of amides is 1. The van der Waals surface area contributed by atoms with Crippen LogP contribution in [0.1, 0.15) is 6.92 Å². The summed E-state index contributed by atoms with van der Waals surface area (Å²) in [5, 5.41) is 11.2. The summed E-state index contributed by atoms with van der Waals surface area (Å²) in [6.45, 7) is 3.29. The van der Waals surface area contributed by atoms with E-state index in [1.54, 1.807) is 22.9 Å². The monoisotopic (exact) mass is 265 g/mol. The highest BCUT2D eigenvalue weighted by atomic mass is 32.1. The number of nitrogens with zero attached hydrogens (tertiary/aromatic N) is 2. The molecule has 0 aromatic carbocycles. The molecule has 1 N–H and O–H groups in total. The predicted molar refractivity (Wildman–Crippen MR) is 70.6 cm³/mol. The Kier molecular flexibility index (Phi) is 4.35. The molecular formula is C12H15N3O2S. The van der Waals surface area contributed by atoms with Crippen molar-refractivity contribution in [1.82, 2.24) is 15.1 Å². The lowest BCUT2D eigenvalue weighted by Gasteiger charge is -2.04. The molecule has 0 aliphatic rings. The maximum Gasteiger partial charge on any atom is 0.407 e. The van der Waals surface area contributed by atoms with E-state index in [0.29, 0.717) is 19.7 Å². The molecule has 0 unspecified atom stereocenters. The molecular weight excluding hydrogens is 250 g/mol. The third kappa shape index (κ3) is 3.33. The van der Waals surface area contributed by atoms with Crippen molar-refractivity contribution < 1.29 is 9.53 Å². The fourth-order valence-corrected chi connectivity index (χ4v) is 2.15. The first kappa shape index (κ1) is 12.6. The quantitative estimate of drug-likeness (QED) is 0.903. The average Bonchev–Trinajstić information content (AvgIpc) is 2.99. The van der Waals surface area contributed by atoms with Gasteiger partial charge in [0.05, 0.1) is 18.8 Å². The van der Waals surface area contributed by atoms with E-state index in [0.717, 1.165) is 11.3 Å². The van der Waals surface area contributed by atoms with Crippen molar-refractivity contribution in [1.29, 1.82) is 0 Å². The SMILES string of the molecule is CCOC(=O)NCCn1ccc(-c2ccsc2)n1. The first-order valence-corrected chi connectivity index (χ1v) is 6.70. The number of ether oxygens (including phenoxy) is 1. The fourth-order valence-electron chi connectivity index (χ4n) is 1.51. The Morgan fingerprint density at radius 1 is 1.56 bits per heavy atom. The minimum atomic E-state index is -0.386. The minimum Gasteiger partial charge on any atom is -0.450 e. The molecule has 0 fully saturated rings. The number of alkyl carbamates (subject to hydrolysis) is 1. The molecule has 2 aromatic rings. The Balaban J connectivity index is 1.82. The summed E-state index contributed by atoms with van der Waals surface area (Å²) < 4.78 is 6.57. The Morgan fingerprint density at radius 3 is 3.17 bits per heavy atom. The van der Waals surface area contributed by atoms with Crippen LogP contribution in [0, 0.1) is 0 Å². The molecule has 18 heavy (non-hydrogen) atoms. The van der Waals surface area contributed by atoms with E-state index in [1.807, 2.05) is 23.7 Å². The van der Waals surface area contributed by atoms with Gasteiger partial charge >= 0.3 is 6.09 Å². The number of nitrogens with one attached hydrogen (secondary N) is 1. The Labute approximate surface area is 109 Å². The highest BCUT2D eigenvalue weighted by Crippen LogP contribution is 2.19. The first-order valence-electron chi connectivity index (χ1n) is 5.76. The van der Waals surface area contributed by atoms with Gasteiger partial charge in [-0.2, -0.15) is 16.4 Å². The molecule has 2 rings (SSSR count). The van der Waals surface area contributed by atoms with Gasteiger partial charge in [0, 0.05) is 23.7 Å². The van der Waals surface area contributed by atoms with Crippen LogP contribution < -0.4 is 5.32 Å². The van der Waals surface area contributed by atoms with Crippen molar-refractivity contribution >= 4 is 17.4 Å². The van der Waals surface area contributed by atoms with Crippen molar-refractivity contribution in [2.24, 2.45) is 0 Å². The van der Waals surface area contributed by atoms with Crippen LogP contribution in [0.15, 0.2) is 29.1 Å². The molecule has 5 nitrogen and oxygen atoms in total. The van der Waals surface area contributed by atoms with E-state index in [1.165, 1.54) is 0 Å². The van der Waals surface area contributed by atoms with Crippen LogP contribution in [-0.4, -0.2) is 29.0 Å². The summed E-state index contributed by atoms with van der Waals surface area (Å²) in [4.78, 5) is 11.1. The number of hydrogen-bond acceptors (Lipinski definition) is 4. The smallest absolute Gasteiger partial charge is 0.407 e. The standard InChI is InChI=1S/C12H15N3O2S/c1-2-17-12(16)13-5-7-15-6-3-11(14-15)10-4-8-18-9-10/h3-4,6,8-9H,2,5,7H2,1H3,(H,13,16). The van der Waals surface area contributed by atoms with Gasteiger partial charge in [-0.05, 0) is 24.4 Å². The molecule has 0 saturated heterocycles. The molecule has 0 spiro atoms. The van der Waals surface area contributed by atoms with E-state index >= 15 is 0 Å². The molecule has 96 valence electrons. The molecule has 2 aromatic heterocycles. The van der Waals surface area contributed by atoms with Gasteiger partial charge in [0.1, 0.15) is 0 Å². The van der Waals surface area contributed by atoms with E-state index in [4.69, 9.17) is 4.74 Å². The van der Waals surface area contributed by atoms with Gasteiger partial charge in [-0.15, -0.1) is 0 Å². The van der Waals surface area contributed by atoms with Crippen LogP contribution in [0.3, 0.4) is 0 Å². The first-order chi connectivity index (χ1) is 8.79. The molecule has 0 aliphatic heterocycles. The fraction of sp³-hybridized carbons (Fsp3) is 0.333. The zero-order valence-corrected chi connectivity index (χ0v) is 10.9. The lowest BCUT2D eigenvalue weighted by atomic mass is 10.2. The molecule has 0 atom stereocenters. The summed E-state index contributed by atoms with van der Waals surface area (Å²) >= 11 is 1.65. The number of thiophene rings is 1. The largest absolute Gasteiger partial charge is 0.450 e. The van der Waals surface area contributed by atoms with Gasteiger partial charge in [-0.1, -0.05) is 0 Å². The van der Waals surface area contributed by atoms with Crippen LogP contribution >= 0.6 is 11.3 Å².